The quantitative estimate of drug-likeness (QED) is 0.939. The molecule has 5 nitrogen and oxygen atoms in total. The summed E-state index contributed by atoms with van der Waals surface area (Å²) < 4.78 is 5.41. The fourth-order valence-corrected chi connectivity index (χ4v) is 2.99. The third-order valence-electron chi connectivity index (χ3n) is 3.99. The number of rotatable bonds is 4. The number of nitrogens with zero attached hydrogens (tertiary/aromatic N) is 2. The molecule has 3 rings (SSSR count). The largest absolute Gasteiger partial charge is 0.467 e. The van der Waals surface area contributed by atoms with E-state index in [0.717, 1.165) is 48.1 Å². The molecule has 0 spiro atoms. The number of nitrogens with two attached hydrogens (primary N) is 1. The summed E-state index contributed by atoms with van der Waals surface area (Å²) in [6, 6.07) is 12.0. The number of fused-ring (bicyclic) bond motifs is 1. The summed E-state index contributed by atoms with van der Waals surface area (Å²) in [6.45, 7) is -0.283. The normalized spacial score (nSPS) is 13.0. The van der Waals surface area contributed by atoms with Crippen LogP contribution in [-0.4, -0.2) is 17.5 Å². The molecule has 2 aromatic rings. The molecule has 1 aliphatic rings. The first-order valence-corrected chi connectivity index (χ1v) is 7.63. The lowest BCUT2D eigenvalue weighted by molar-refractivity contribution is -0.120. The van der Waals surface area contributed by atoms with Crippen LogP contribution < -0.4 is 10.5 Å². The zero-order valence-electron chi connectivity index (χ0n) is 12.7. The van der Waals surface area contributed by atoms with E-state index < -0.39 is 5.91 Å². The van der Waals surface area contributed by atoms with Crippen molar-refractivity contribution < 1.29 is 9.53 Å². The van der Waals surface area contributed by atoms with E-state index >= 15 is 0 Å². The van der Waals surface area contributed by atoms with Crippen LogP contribution in [0, 0.1) is 11.3 Å². The Labute approximate surface area is 134 Å². The fourth-order valence-electron chi connectivity index (χ4n) is 2.99. The van der Waals surface area contributed by atoms with Crippen molar-refractivity contribution in [1.82, 2.24) is 4.98 Å². The van der Waals surface area contributed by atoms with Crippen molar-refractivity contribution in [2.24, 2.45) is 5.73 Å². The molecule has 1 aliphatic carbocycles. The summed E-state index contributed by atoms with van der Waals surface area (Å²) in [7, 11) is 0. The van der Waals surface area contributed by atoms with Gasteiger partial charge in [-0.2, -0.15) is 5.26 Å². The van der Waals surface area contributed by atoms with Gasteiger partial charge >= 0.3 is 0 Å². The second-order valence-corrected chi connectivity index (χ2v) is 5.54. The molecule has 1 aromatic heterocycles. The van der Waals surface area contributed by atoms with Crippen molar-refractivity contribution in [3.05, 3.63) is 47.0 Å². The van der Waals surface area contributed by atoms with E-state index in [1.165, 1.54) is 0 Å². The van der Waals surface area contributed by atoms with Crippen LogP contribution >= 0.6 is 0 Å². The number of primary amides is 1. The Morgan fingerprint density at radius 2 is 1.91 bits per heavy atom. The molecule has 2 N–H and O–H groups in total. The molecule has 1 heterocycles. The van der Waals surface area contributed by atoms with Gasteiger partial charge in [-0.1, -0.05) is 30.3 Å². The molecule has 0 saturated heterocycles. The second-order valence-electron chi connectivity index (χ2n) is 5.54. The van der Waals surface area contributed by atoms with Crippen LogP contribution in [-0.2, 0) is 17.6 Å². The first-order chi connectivity index (χ1) is 11.2. The Morgan fingerprint density at radius 1 is 1.22 bits per heavy atom. The second kappa shape index (κ2) is 6.49. The van der Waals surface area contributed by atoms with Gasteiger partial charge in [0.1, 0.15) is 11.6 Å². The number of benzene rings is 1. The minimum absolute atomic E-state index is 0.200. The molecular weight excluding hydrogens is 290 g/mol. The molecule has 0 unspecified atom stereocenters. The third-order valence-corrected chi connectivity index (χ3v) is 3.99. The van der Waals surface area contributed by atoms with Crippen molar-refractivity contribution in [1.29, 1.82) is 5.26 Å². The minimum Gasteiger partial charge on any atom is -0.467 e. The van der Waals surface area contributed by atoms with E-state index in [2.05, 4.69) is 11.1 Å². The molecule has 0 aliphatic heterocycles. The SMILES string of the molecule is N#Cc1c(OCC(N)=O)nc(-c2ccccc2)c2c1CCCC2. The molecule has 0 saturated carbocycles. The van der Waals surface area contributed by atoms with Gasteiger partial charge in [0.05, 0.1) is 5.69 Å². The number of carbonyl (C=O) groups excluding carboxylic acids is 1. The van der Waals surface area contributed by atoms with E-state index in [1.807, 2.05) is 30.3 Å². The standard InChI is InChI=1S/C18H17N3O2/c19-10-15-13-8-4-5-9-14(13)17(12-6-2-1-3-7-12)21-18(15)23-11-16(20)22/h1-3,6-7H,4-5,8-9,11H2,(H2,20,22). The predicted molar refractivity (Wildman–Crippen MR) is 85.7 cm³/mol. The highest BCUT2D eigenvalue weighted by Gasteiger charge is 2.23. The van der Waals surface area contributed by atoms with E-state index in [4.69, 9.17) is 10.5 Å². The van der Waals surface area contributed by atoms with Crippen molar-refractivity contribution in [3.8, 4) is 23.2 Å². The lowest BCUT2D eigenvalue weighted by atomic mass is 9.86. The van der Waals surface area contributed by atoms with Gasteiger partial charge in [0.25, 0.3) is 5.91 Å². The van der Waals surface area contributed by atoms with Gasteiger partial charge in [-0.05, 0) is 36.8 Å². The van der Waals surface area contributed by atoms with Gasteiger partial charge in [-0.3, -0.25) is 4.79 Å². The van der Waals surface area contributed by atoms with E-state index in [1.54, 1.807) is 0 Å². The topological polar surface area (TPSA) is 89.0 Å². The Balaban J connectivity index is 2.17. The van der Waals surface area contributed by atoms with Crippen LogP contribution in [0.25, 0.3) is 11.3 Å². The molecular formula is C18H17N3O2. The van der Waals surface area contributed by atoms with Crippen molar-refractivity contribution in [2.75, 3.05) is 6.61 Å². The highest BCUT2D eigenvalue weighted by molar-refractivity contribution is 5.75. The number of aromatic nitrogens is 1. The highest BCUT2D eigenvalue weighted by atomic mass is 16.5. The summed E-state index contributed by atoms with van der Waals surface area (Å²) in [5.74, 6) is -0.388. The number of ether oxygens (including phenoxy) is 1. The molecule has 5 heteroatoms. The van der Waals surface area contributed by atoms with Gasteiger partial charge in [-0.25, -0.2) is 4.98 Å². The Hall–Kier alpha value is -2.87. The Bertz CT molecular complexity index is 779. The van der Waals surface area contributed by atoms with Crippen molar-refractivity contribution >= 4 is 5.91 Å². The lowest BCUT2D eigenvalue weighted by Gasteiger charge is -2.22. The molecule has 1 amide bonds. The summed E-state index contributed by atoms with van der Waals surface area (Å²) in [5, 5.41) is 9.51. The number of amides is 1. The first kappa shape index (κ1) is 15.0. The maximum Gasteiger partial charge on any atom is 0.255 e. The minimum atomic E-state index is -0.588. The van der Waals surface area contributed by atoms with Crippen LogP contribution in [0.15, 0.2) is 30.3 Å². The molecule has 0 atom stereocenters. The molecule has 0 fully saturated rings. The maximum absolute atomic E-state index is 11.0. The monoisotopic (exact) mass is 307 g/mol. The highest BCUT2D eigenvalue weighted by Crippen LogP contribution is 2.36. The predicted octanol–water partition coefficient (Wildman–Crippen LogP) is 2.36. The van der Waals surface area contributed by atoms with E-state index in [9.17, 15) is 10.1 Å². The fraction of sp³-hybridized carbons (Fsp3) is 0.278. The number of hydrogen-bond donors (Lipinski definition) is 1. The number of hydrogen-bond acceptors (Lipinski definition) is 4. The average Bonchev–Trinajstić information content (AvgIpc) is 2.59. The first-order valence-electron chi connectivity index (χ1n) is 7.63. The summed E-state index contributed by atoms with van der Waals surface area (Å²) in [6.07, 6.45) is 3.85. The van der Waals surface area contributed by atoms with E-state index in [-0.39, 0.29) is 12.5 Å². The van der Waals surface area contributed by atoms with Crippen molar-refractivity contribution in [2.45, 2.75) is 25.7 Å². The smallest absolute Gasteiger partial charge is 0.255 e. The average molecular weight is 307 g/mol. The molecule has 23 heavy (non-hydrogen) atoms. The Morgan fingerprint density at radius 3 is 2.57 bits per heavy atom. The van der Waals surface area contributed by atoms with Gasteiger partial charge < -0.3 is 10.5 Å². The zero-order valence-corrected chi connectivity index (χ0v) is 12.7. The molecule has 0 bridgehead atoms. The van der Waals surface area contributed by atoms with E-state index in [0.29, 0.717) is 5.56 Å². The summed E-state index contributed by atoms with van der Waals surface area (Å²) >= 11 is 0. The van der Waals surface area contributed by atoms with Crippen LogP contribution in [0.3, 0.4) is 0 Å². The van der Waals surface area contributed by atoms with Gasteiger partial charge in [0.2, 0.25) is 5.88 Å². The van der Waals surface area contributed by atoms with Crippen LogP contribution in [0.5, 0.6) is 5.88 Å². The van der Waals surface area contributed by atoms with Gasteiger partial charge in [0, 0.05) is 5.56 Å². The number of carbonyl (C=O) groups is 1. The summed E-state index contributed by atoms with van der Waals surface area (Å²) in [4.78, 5) is 15.5. The van der Waals surface area contributed by atoms with Gasteiger partial charge in [0.15, 0.2) is 6.61 Å². The van der Waals surface area contributed by atoms with Gasteiger partial charge in [-0.15, -0.1) is 0 Å². The van der Waals surface area contributed by atoms with Crippen LogP contribution in [0.1, 0.15) is 29.5 Å². The molecule has 116 valence electrons. The Kier molecular flexibility index (Phi) is 4.24. The zero-order chi connectivity index (χ0) is 16.2. The maximum atomic E-state index is 11.0. The number of pyridine rings is 1. The van der Waals surface area contributed by atoms with Crippen LogP contribution in [0.4, 0.5) is 0 Å². The van der Waals surface area contributed by atoms with Crippen LogP contribution in [0.2, 0.25) is 0 Å². The lowest BCUT2D eigenvalue weighted by Crippen LogP contribution is -2.21. The third kappa shape index (κ3) is 3.02. The van der Waals surface area contributed by atoms with Crippen molar-refractivity contribution in [3.63, 3.8) is 0 Å². The number of nitriles is 1. The molecule has 1 aromatic carbocycles. The molecule has 0 radical (unpaired) electrons. The summed E-state index contributed by atoms with van der Waals surface area (Å²) in [5.41, 5.74) is 9.50.